The molecule has 0 aromatic heterocycles. The van der Waals surface area contributed by atoms with Gasteiger partial charge in [-0.25, -0.2) is 9.00 Å². The first-order valence-corrected chi connectivity index (χ1v) is 7.69. The molecule has 1 saturated heterocycles. The van der Waals surface area contributed by atoms with Crippen LogP contribution >= 0.6 is 0 Å². The molecule has 0 spiro atoms. The predicted molar refractivity (Wildman–Crippen MR) is 69.8 cm³/mol. The molecule has 0 aliphatic carbocycles. The fourth-order valence-corrected chi connectivity index (χ4v) is 2.89. The van der Waals surface area contributed by atoms with Crippen molar-refractivity contribution < 1.29 is 13.7 Å². The van der Waals surface area contributed by atoms with Gasteiger partial charge < -0.3 is 10.1 Å². The van der Waals surface area contributed by atoms with Gasteiger partial charge in [0.05, 0.1) is 15.0 Å². The van der Waals surface area contributed by atoms with Crippen LogP contribution in [0.5, 0.6) is 0 Å². The second-order valence-electron chi connectivity index (χ2n) is 4.27. The average Bonchev–Trinajstić information content (AvgIpc) is 2.24. The van der Waals surface area contributed by atoms with E-state index in [9.17, 15) is 9.00 Å². The van der Waals surface area contributed by atoms with Crippen molar-refractivity contribution in [1.82, 2.24) is 5.32 Å². The highest BCUT2D eigenvalue weighted by Gasteiger charge is 2.26. The highest BCUT2D eigenvalue weighted by atomic mass is 32.2. The van der Waals surface area contributed by atoms with Gasteiger partial charge in [-0.1, -0.05) is 30.3 Å². The molecule has 1 atom stereocenters. The van der Waals surface area contributed by atoms with Gasteiger partial charge in [-0.3, -0.25) is 0 Å². The van der Waals surface area contributed by atoms with E-state index in [1.165, 1.54) is 6.26 Å². The van der Waals surface area contributed by atoms with E-state index < -0.39 is 15.8 Å². The zero-order valence-electron chi connectivity index (χ0n) is 10.2. The molecular formula is C12H16N2O3S. The van der Waals surface area contributed by atoms with Crippen molar-refractivity contribution in [3.63, 3.8) is 0 Å². The second kappa shape index (κ2) is 5.49. The zero-order valence-corrected chi connectivity index (χ0v) is 11.0. The number of nitrogens with zero attached hydrogens (tertiary/aromatic N) is 1. The Kier molecular flexibility index (Phi) is 3.98. The summed E-state index contributed by atoms with van der Waals surface area (Å²) in [7, 11) is -2.49. The Morgan fingerprint density at radius 1 is 1.44 bits per heavy atom. The fourth-order valence-electron chi connectivity index (χ4n) is 1.54. The van der Waals surface area contributed by atoms with Crippen molar-refractivity contribution in [1.29, 1.82) is 0 Å². The molecule has 1 N–H and O–H groups in total. The van der Waals surface area contributed by atoms with Crippen LogP contribution in [0.4, 0.5) is 4.79 Å². The van der Waals surface area contributed by atoms with Crippen molar-refractivity contribution in [2.75, 3.05) is 19.3 Å². The van der Waals surface area contributed by atoms with Gasteiger partial charge in [-0.2, -0.15) is 0 Å². The van der Waals surface area contributed by atoms with Crippen LogP contribution in [0.2, 0.25) is 0 Å². The lowest BCUT2D eigenvalue weighted by molar-refractivity contribution is 0.151. The fraction of sp³-hybridized carbons (Fsp3) is 0.417. The monoisotopic (exact) mass is 268 g/mol. The highest BCUT2D eigenvalue weighted by molar-refractivity contribution is 7.93. The summed E-state index contributed by atoms with van der Waals surface area (Å²) in [6.07, 6.45) is 0.751. The lowest BCUT2D eigenvalue weighted by atomic mass is 10.2. The molecule has 0 radical (unpaired) electrons. The van der Waals surface area contributed by atoms with Crippen LogP contribution in [0, 0.1) is 0 Å². The number of nitrogens with one attached hydrogen (secondary N) is 1. The van der Waals surface area contributed by atoms with Crippen LogP contribution in [-0.4, -0.2) is 34.9 Å². The molecule has 1 aromatic rings. The van der Waals surface area contributed by atoms with Gasteiger partial charge in [-0.05, 0) is 5.56 Å². The largest absolute Gasteiger partial charge is 0.443 e. The summed E-state index contributed by atoms with van der Waals surface area (Å²) in [6.45, 7) is 1.44. The Bertz CT molecular complexity index is 532. The van der Waals surface area contributed by atoms with Crippen LogP contribution in [-0.2, 0) is 21.1 Å². The Labute approximate surface area is 107 Å². The zero-order chi connectivity index (χ0) is 13.0. The van der Waals surface area contributed by atoms with Crippen molar-refractivity contribution in [2.24, 2.45) is 4.36 Å². The molecule has 0 saturated carbocycles. The molecular weight excluding hydrogens is 252 g/mol. The van der Waals surface area contributed by atoms with Crippen molar-refractivity contribution in [3.05, 3.63) is 35.9 Å². The molecule has 6 heteroatoms. The maximum Gasteiger partial charge on any atom is 0.442 e. The van der Waals surface area contributed by atoms with E-state index >= 15 is 0 Å². The standard InChI is InChI=1S/C12H16N2O3S/c1-18(16,11-7-13-8-11)14-12(15)17-9-10-5-3-2-4-6-10/h2-6,11,13H,7-9H2,1H3. The summed E-state index contributed by atoms with van der Waals surface area (Å²) < 4.78 is 20.7. The van der Waals surface area contributed by atoms with Crippen LogP contribution in [0.25, 0.3) is 0 Å². The van der Waals surface area contributed by atoms with Gasteiger partial charge in [0.15, 0.2) is 0 Å². The molecule has 1 aromatic carbocycles. The van der Waals surface area contributed by atoms with E-state index in [-0.39, 0.29) is 11.9 Å². The van der Waals surface area contributed by atoms with Gasteiger partial charge in [0.2, 0.25) is 0 Å². The van der Waals surface area contributed by atoms with Crippen molar-refractivity contribution in [2.45, 2.75) is 11.9 Å². The van der Waals surface area contributed by atoms with E-state index in [4.69, 9.17) is 4.74 Å². The second-order valence-corrected chi connectivity index (χ2v) is 6.84. The molecule has 1 aliphatic rings. The third kappa shape index (κ3) is 3.30. The number of amides is 1. The highest BCUT2D eigenvalue weighted by Crippen LogP contribution is 2.09. The smallest absolute Gasteiger partial charge is 0.442 e. The third-order valence-electron chi connectivity index (χ3n) is 2.82. The number of ether oxygens (including phenoxy) is 1. The van der Waals surface area contributed by atoms with E-state index in [2.05, 4.69) is 9.68 Å². The average molecular weight is 268 g/mol. The summed E-state index contributed by atoms with van der Waals surface area (Å²) in [6, 6.07) is 9.32. The van der Waals surface area contributed by atoms with E-state index in [0.717, 1.165) is 5.56 Å². The topological polar surface area (TPSA) is 67.8 Å². The minimum absolute atomic E-state index is 0.0539. The van der Waals surface area contributed by atoms with Gasteiger partial charge >= 0.3 is 6.09 Å². The number of carbonyl (C=O) groups is 1. The molecule has 1 aliphatic heterocycles. The van der Waals surface area contributed by atoms with Gasteiger partial charge in [0.1, 0.15) is 6.61 Å². The summed E-state index contributed by atoms with van der Waals surface area (Å²) in [5.74, 6) is 0. The number of carbonyl (C=O) groups excluding carboxylic acids is 1. The summed E-state index contributed by atoms with van der Waals surface area (Å²) in [4.78, 5) is 11.5. The van der Waals surface area contributed by atoms with Gasteiger partial charge in [0.25, 0.3) is 0 Å². The first kappa shape index (κ1) is 13.0. The Morgan fingerprint density at radius 3 is 2.67 bits per heavy atom. The van der Waals surface area contributed by atoms with Crippen LogP contribution in [0.3, 0.4) is 0 Å². The maximum absolute atomic E-state index is 12.1. The summed E-state index contributed by atoms with van der Waals surface area (Å²) in [5, 5.41) is 2.95. The summed E-state index contributed by atoms with van der Waals surface area (Å²) >= 11 is 0. The molecule has 5 nitrogen and oxygen atoms in total. The first-order chi connectivity index (χ1) is 8.58. The summed E-state index contributed by atoms with van der Waals surface area (Å²) in [5.41, 5.74) is 0.883. The molecule has 1 amide bonds. The van der Waals surface area contributed by atoms with Crippen molar-refractivity contribution >= 4 is 15.8 Å². The lowest BCUT2D eigenvalue weighted by Gasteiger charge is -2.27. The molecule has 18 heavy (non-hydrogen) atoms. The van der Waals surface area contributed by atoms with Crippen LogP contribution in [0.15, 0.2) is 34.7 Å². The predicted octanol–water partition coefficient (Wildman–Crippen LogP) is 1.39. The van der Waals surface area contributed by atoms with Crippen LogP contribution < -0.4 is 5.32 Å². The quantitative estimate of drug-likeness (QED) is 0.899. The SMILES string of the molecule is CS(=O)(=NC(=O)OCc1ccccc1)C1CNC1. The Hall–Kier alpha value is -1.40. The molecule has 0 bridgehead atoms. The van der Waals surface area contributed by atoms with Crippen LogP contribution in [0.1, 0.15) is 5.56 Å². The molecule has 1 fully saturated rings. The molecule has 1 heterocycles. The van der Waals surface area contributed by atoms with Crippen molar-refractivity contribution in [3.8, 4) is 0 Å². The van der Waals surface area contributed by atoms with E-state index in [1.54, 1.807) is 0 Å². The van der Waals surface area contributed by atoms with E-state index in [0.29, 0.717) is 13.1 Å². The third-order valence-corrected chi connectivity index (χ3v) is 4.91. The lowest BCUT2D eigenvalue weighted by Crippen LogP contribution is -2.51. The van der Waals surface area contributed by atoms with Gasteiger partial charge in [0, 0.05) is 19.3 Å². The molecule has 1 unspecified atom stereocenters. The Morgan fingerprint density at radius 2 is 2.11 bits per heavy atom. The molecule has 98 valence electrons. The normalized spacial score (nSPS) is 18.5. The Balaban J connectivity index is 1.92. The molecule has 2 rings (SSSR count). The number of rotatable bonds is 3. The minimum Gasteiger partial charge on any atom is -0.443 e. The first-order valence-electron chi connectivity index (χ1n) is 5.70. The number of hydrogen-bond donors (Lipinski definition) is 1. The minimum atomic E-state index is -2.49. The number of hydrogen-bond acceptors (Lipinski definition) is 4. The number of benzene rings is 1. The van der Waals surface area contributed by atoms with E-state index in [1.807, 2.05) is 30.3 Å². The maximum atomic E-state index is 12.1. The van der Waals surface area contributed by atoms with Gasteiger partial charge in [-0.15, -0.1) is 4.36 Å².